The van der Waals surface area contributed by atoms with Crippen molar-refractivity contribution < 1.29 is 9.13 Å². The second kappa shape index (κ2) is 5.82. The molecular weight excluding hydrogens is 292 g/mol. The first kappa shape index (κ1) is 14.0. The zero-order chi connectivity index (χ0) is 14.8. The Labute approximate surface area is 123 Å². The lowest BCUT2D eigenvalue weighted by molar-refractivity contribution is -0.384. The Kier molecular flexibility index (Phi) is 3.89. The molecule has 1 aromatic carbocycles. The van der Waals surface area contributed by atoms with E-state index in [0.717, 1.165) is 19.5 Å². The minimum absolute atomic E-state index is 0.0253. The van der Waals surface area contributed by atoms with Gasteiger partial charge in [0.25, 0.3) is 5.69 Å². The molecule has 1 aromatic heterocycles. The maximum atomic E-state index is 12.3. The molecule has 110 valence electrons. The zero-order valence-corrected chi connectivity index (χ0v) is 12.0. The third-order valence-electron chi connectivity index (χ3n) is 3.50. The van der Waals surface area contributed by atoms with Crippen LogP contribution in [0.2, 0.25) is 0 Å². The minimum atomic E-state index is -1.19. The normalized spacial score (nSPS) is 19.7. The van der Waals surface area contributed by atoms with Crippen LogP contribution in [0.1, 0.15) is 6.42 Å². The summed E-state index contributed by atoms with van der Waals surface area (Å²) in [6, 6.07) is 4.29. The van der Waals surface area contributed by atoms with Crippen LogP contribution in [0.25, 0.3) is 11.0 Å². The lowest BCUT2D eigenvalue weighted by atomic mass is 10.2. The highest BCUT2D eigenvalue weighted by atomic mass is 32.2. The first-order chi connectivity index (χ1) is 10.1. The van der Waals surface area contributed by atoms with Crippen molar-refractivity contribution >= 4 is 27.5 Å². The van der Waals surface area contributed by atoms with Crippen molar-refractivity contribution in [2.45, 2.75) is 11.4 Å². The third kappa shape index (κ3) is 3.06. The van der Waals surface area contributed by atoms with Gasteiger partial charge in [-0.25, -0.2) is 4.98 Å². The number of hydrogen-bond donors (Lipinski definition) is 1. The molecule has 0 aliphatic carbocycles. The van der Waals surface area contributed by atoms with E-state index < -0.39 is 15.7 Å². The number of aromatic nitrogens is 2. The number of hydrogen-bond acceptors (Lipinski definition) is 6. The smallest absolute Gasteiger partial charge is 0.271 e. The van der Waals surface area contributed by atoms with E-state index in [-0.39, 0.29) is 5.69 Å². The largest absolute Gasteiger partial charge is 0.316 e. The monoisotopic (exact) mass is 306 g/mol. The quantitative estimate of drug-likeness (QED) is 0.674. The van der Waals surface area contributed by atoms with E-state index in [4.69, 9.17) is 0 Å². The van der Waals surface area contributed by atoms with Gasteiger partial charge in [0.05, 0.1) is 33.0 Å². The van der Waals surface area contributed by atoms with Crippen LogP contribution < -0.4 is 5.32 Å². The summed E-state index contributed by atoms with van der Waals surface area (Å²) >= 11 is 0. The van der Waals surface area contributed by atoms with Crippen LogP contribution in [0, 0.1) is 16.0 Å². The van der Waals surface area contributed by atoms with Crippen molar-refractivity contribution in [1.29, 1.82) is 0 Å². The maximum Gasteiger partial charge on any atom is 0.271 e. The van der Waals surface area contributed by atoms with Crippen LogP contribution in [0.3, 0.4) is 0 Å². The van der Waals surface area contributed by atoms with Gasteiger partial charge in [0.1, 0.15) is 5.03 Å². The van der Waals surface area contributed by atoms with Crippen molar-refractivity contribution in [2.24, 2.45) is 5.92 Å². The van der Waals surface area contributed by atoms with Crippen molar-refractivity contribution in [1.82, 2.24) is 15.3 Å². The topological polar surface area (TPSA) is 98.0 Å². The Bertz CT molecular complexity index is 716. The van der Waals surface area contributed by atoms with Gasteiger partial charge in [0.2, 0.25) is 0 Å². The van der Waals surface area contributed by atoms with E-state index in [0.29, 0.717) is 27.7 Å². The molecule has 7 nitrogen and oxygen atoms in total. The molecule has 0 saturated carbocycles. The van der Waals surface area contributed by atoms with Gasteiger partial charge in [-0.05, 0) is 31.5 Å². The molecule has 0 unspecified atom stereocenters. The Morgan fingerprint density at radius 3 is 3.00 bits per heavy atom. The number of nitrogens with one attached hydrogen (secondary N) is 1. The predicted octanol–water partition coefficient (Wildman–Crippen LogP) is 1.26. The maximum absolute atomic E-state index is 12.3. The summed E-state index contributed by atoms with van der Waals surface area (Å²) in [7, 11) is -1.19. The molecule has 2 atom stereocenters. The molecule has 2 aromatic rings. The lowest BCUT2D eigenvalue weighted by Gasteiger charge is -2.07. The Hall–Kier alpha value is -1.93. The molecule has 1 aliphatic heterocycles. The van der Waals surface area contributed by atoms with Gasteiger partial charge >= 0.3 is 0 Å². The van der Waals surface area contributed by atoms with Crippen LogP contribution in [-0.4, -0.2) is 37.9 Å². The van der Waals surface area contributed by atoms with Crippen LogP contribution in [0.4, 0.5) is 5.69 Å². The Balaban J connectivity index is 1.84. The zero-order valence-electron chi connectivity index (χ0n) is 11.2. The van der Waals surface area contributed by atoms with E-state index in [1.54, 1.807) is 0 Å². The van der Waals surface area contributed by atoms with E-state index in [1.165, 1.54) is 24.4 Å². The number of nitrogens with zero attached hydrogens (tertiary/aromatic N) is 3. The fraction of sp³-hybridized carbons (Fsp3) is 0.385. The van der Waals surface area contributed by atoms with E-state index in [1.807, 2.05) is 0 Å². The lowest BCUT2D eigenvalue weighted by Crippen LogP contribution is -2.15. The summed E-state index contributed by atoms with van der Waals surface area (Å²) in [5.74, 6) is 0.973. The van der Waals surface area contributed by atoms with Gasteiger partial charge in [-0.15, -0.1) is 0 Å². The standard InChI is InChI=1S/C13H14N4O3S/c18-17(19)10-1-2-11-12(5-10)15-7-13(16-11)21(20)8-9-3-4-14-6-9/h1-2,5,7,9,14H,3-4,6,8H2/t9-,21-/m0/s1. The van der Waals surface area contributed by atoms with Gasteiger partial charge in [-0.2, -0.15) is 0 Å². The highest BCUT2D eigenvalue weighted by Crippen LogP contribution is 2.19. The fourth-order valence-electron chi connectivity index (χ4n) is 2.36. The molecule has 0 radical (unpaired) electrons. The van der Waals surface area contributed by atoms with Gasteiger partial charge in [-0.3, -0.25) is 19.3 Å². The molecule has 0 amide bonds. The predicted molar refractivity (Wildman–Crippen MR) is 78.4 cm³/mol. The summed E-state index contributed by atoms with van der Waals surface area (Å²) < 4.78 is 12.3. The molecule has 1 N–H and O–H groups in total. The Morgan fingerprint density at radius 2 is 2.29 bits per heavy atom. The fourth-order valence-corrected chi connectivity index (χ4v) is 3.62. The summed E-state index contributed by atoms with van der Waals surface area (Å²) in [4.78, 5) is 18.7. The number of nitro groups is 1. The molecular formula is C13H14N4O3S. The van der Waals surface area contributed by atoms with Gasteiger partial charge in [0, 0.05) is 17.9 Å². The Morgan fingerprint density at radius 1 is 1.43 bits per heavy atom. The summed E-state index contributed by atoms with van der Waals surface area (Å²) in [5, 5.41) is 14.4. The van der Waals surface area contributed by atoms with Crippen LogP contribution in [0.15, 0.2) is 29.4 Å². The number of benzene rings is 1. The van der Waals surface area contributed by atoms with Gasteiger partial charge in [0.15, 0.2) is 0 Å². The molecule has 1 saturated heterocycles. The molecule has 1 fully saturated rings. The summed E-state index contributed by atoms with van der Waals surface area (Å²) in [6.45, 7) is 1.86. The minimum Gasteiger partial charge on any atom is -0.316 e. The first-order valence-electron chi connectivity index (χ1n) is 6.64. The SMILES string of the molecule is O=[N+]([O-])c1ccc2nc([S@@](=O)C[C@H]3CCNC3)cnc2c1. The molecule has 2 heterocycles. The van der Waals surface area contributed by atoms with Gasteiger partial charge < -0.3 is 5.32 Å². The molecule has 8 heteroatoms. The van der Waals surface area contributed by atoms with Crippen molar-refractivity contribution in [2.75, 3.05) is 18.8 Å². The van der Waals surface area contributed by atoms with Crippen LogP contribution >= 0.6 is 0 Å². The first-order valence-corrected chi connectivity index (χ1v) is 7.95. The number of non-ortho nitro benzene ring substituents is 1. The summed E-state index contributed by atoms with van der Waals surface area (Å²) in [6.07, 6.45) is 2.48. The van der Waals surface area contributed by atoms with Crippen molar-refractivity contribution in [3.63, 3.8) is 0 Å². The number of fused-ring (bicyclic) bond motifs is 1. The average Bonchev–Trinajstić information content (AvgIpc) is 2.99. The molecule has 0 bridgehead atoms. The van der Waals surface area contributed by atoms with Crippen LogP contribution in [-0.2, 0) is 10.8 Å². The average molecular weight is 306 g/mol. The van der Waals surface area contributed by atoms with Crippen molar-refractivity contribution in [3.05, 3.63) is 34.5 Å². The highest BCUT2D eigenvalue weighted by molar-refractivity contribution is 7.84. The number of rotatable bonds is 4. The van der Waals surface area contributed by atoms with E-state index >= 15 is 0 Å². The molecule has 1 aliphatic rings. The van der Waals surface area contributed by atoms with E-state index in [9.17, 15) is 14.3 Å². The second-order valence-corrected chi connectivity index (χ2v) is 6.45. The summed E-state index contributed by atoms with van der Waals surface area (Å²) in [5.41, 5.74) is 0.936. The van der Waals surface area contributed by atoms with E-state index in [2.05, 4.69) is 15.3 Å². The second-order valence-electron chi connectivity index (χ2n) is 5.01. The number of nitro benzene ring substituents is 1. The third-order valence-corrected chi connectivity index (χ3v) is 4.93. The molecule has 0 spiro atoms. The van der Waals surface area contributed by atoms with Gasteiger partial charge in [-0.1, -0.05) is 0 Å². The molecule has 21 heavy (non-hydrogen) atoms. The van der Waals surface area contributed by atoms with Crippen molar-refractivity contribution in [3.8, 4) is 0 Å². The van der Waals surface area contributed by atoms with Crippen LogP contribution in [0.5, 0.6) is 0 Å². The molecule has 3 rings (SSSR count). The highest BCUT2D eigenvalue weighted by Gasteiger charge is 2.19.